The highest BCUT2D eigenvalue weighted by molar-refractivity contribution is 5.98. The van der Waals surface area contributed by atoms with Gasteiger partial charge in [-0.2, -0.15) is 8.78 Å². The first kappa shape index (κ1) is 19.7. The van der Waals surface area contributed by atoms with E-state index in [1.165, 1.54) is 17.0 Å². The summed E-state index contributed by atoms with van der Waals surface area (Å²) in [5.41, 5.74) is 5.33. The fourth-order valence-corrected chi connectivity index (χ4v) is 2.27. The molecular weight excluding hydrogens is 357 g/mol. The zero-order valence-corrected chi connectivity index (χ0v) is 13.5. The molecule has 3 amide bonds. The van der Waals surface area contributed by atoms with Crippen molar-refractivity contribution in [2.75, 3.05) is 36.5 Å². The zero-order chi connectivity index (χ0) is 19.3. The average molecular weight is 374 g/mol. The second-order valence-electron chi connectivity index (χ2n) is 5.35. The number of morpholine rings is 1. The minimum atomic E-state index is -3.29. The standard InChI is InChI=1S/C15H17F3N4O4/c16-9-5-8(1-2-11(9)22-3-4-26-7-12(22)23)20-14(24)10(6-19)21-15(25)13(17)18/h1-2,5,10,13H,3-4,6-7,19H2,(H,20,24)(H,21,25)/t10-/m1/s1. The van der Waals surface area contributed by atoms with Crippen molar-refractivity contribution in [1.82, 2.24) is 5.32 Å². The Kier molecular flexibility index (Phi) is 6.52. The van der Waals surface area contributed by atoms with Gasteiger partial charge in [0, 0.05) is 18.8 Å². The van der Waals surface area contributed by atoms with E-state index in [0.29, 0.717) is 0 Å². The minimum absolute atomic E-state index is 0.0155. The van der Waals surface area contributed by atoms with E-state index >= 15 is 0 Å². The van der Waals surface area contributed by atoms with Gasteiger partial charge in [-0.05, 0) is 18.2 Å². The van der Waals surface area contributed by atoms with Crippen molar-refractivity contribution in [1.29, 1.82) is 0 Å². The Morgan fingerprint density at radius 2 is 2.04 bits per heavy atom. The van der Waals surface area contributed by atoms with Crippen molar-refractivity contribution in [3.63, 3.8) is 0 Å². The van der Waals surface area contributed by atoms with Crippen LogP contribution in [0.1, 0.15) is 0 Å². The summed E-state index contributed by atoms with van der Waals surface area (Å²) >= 11 is 0. The number of amides is 3. The van der Waals surface area contributed by atoms with E-state index < -0.39 is 42.6 Å². The topological polar surface area (TPSA) is 114 Å². The number of carbonyl (C=O) groups is 3. The number of rotatable bonds is 6. The Bertz CT molecular complexity index is 701. The normalized spacial score (nSPS) is 15.7. The first-order valence-corrected chi connectivity index (χ1v) is 7.60. The molecule has 0 aromatic heterocycles. The van der Waals surface area contributed by atoms with Gasteiger partial charge in [-0.15, -0.1) is 0 Å². The van der Waals surface area contributed by atoms with Crippen LogP contribution >= 0.6 is 0 Å². The van der Waals surface area contributed by atoms with Gasteiger partial charge >= 0.3 is 6.43 Å². The molecule has 0 spiro atoms. The van der Waals surface area contributed by atoms with Gasteiger partial charge in [0.1, 0.15) is 18.5 Å². The molecular formula is C15H17F3N4O4. The van der Waals surface area contributed by atoms with E-state index in [-0.39, 0.29) is 31.1 Å². The maximum absolute atomic E-state index is 14.3. The van der Waals surface area contributed by atoms with Gasteiger partial charge in [0.05, 0.1) is 12.3 Å². The van der Waals surface area contributed by atoms with E-state index in [0.717, 1.165) is 6.07 Å². The van der Waals surface area contributed by atoms with Crippen LogP contribution in [0.2, 0.25) is 0 Å². The third kappa shape index (κ3) is 4.70. The molecule has 0 bridgehead atoms. The fourth-order valence-electron chi connectivity index (χ4n) is 2.27. The number of hydrogen-bond donors (Lipinski definition) is 3. The Hall–Kier alpha value is -2.66. The highest BCUT2D eigenvalue weighted by Gasteiger charge is 2.25. The van der Waals surface area contributed by atoms with Crippen molar-refractivity contribution in [2.24, 2.45) is 5.73 Å². The van der Waals surface area contributed by atoms with Gasteiger partial charge in [0.2, 0.25) is 5.91 Å². The highest BCUT2D eigenvalue weighted by atomic mass is 19.3. The minimum Gasteiger partial charge on any atom is -0.370 e. The van der Waals surface area contributed by atoms with Gasteiger partial charge in [0.25, 0.3) is 11.8 Å². The average Bonchev–Trinajstić information content (AvgIpc) is 2.60. The Morgan fingerprint density at radius 1 is 1.31 bits per heavy atom. The molecule has 1 fully saturated rings. The number of anilines is 2. The molecule has 0 unspecified atom stereocenters. The lowest BCUT2D eigenvalue weighted by Gasteiger charge is -2.27. The lowest BCUT2D eigenvalue weighted by atomic mass is 10.2. The van der Waals surface area contributed by atoms with Crippen LogP contribution in [0, 0.1) is 5.82 Å². The van der Waals surface area contributed by atoms with E-state index in [1.807, 2.05) is 0 Å². The second-order valence-corrected chi connectivity index (χ2v) is 5.35. The van der Waals surface area contributed by atoms with E-state index in [4.69, 9.17) is 10.5 Å². The molecule has 1 atom stereocenters. The molecule has 4 N–H and O–H groups in total. The molecule has 8 nitrogen and oxygen atoms in total. The lowest BCUT2D eigenvalue weighted by Crippen LogP contribution is -2.50. The van der Waals surface area contributed by atoms with Crippen LogP contribution in [0.3, 0.4) is 0 Å². The molecule has 0 saturated carbocycles. The molecule has 0 aliphatic carbocycles. The summed E-state index contributed by atoms with van der Waals surface area (Å²) in [4.78, 5) is 35.9. The molecule has 1 aliphatic rings. The van der Waals surface area contributed by atoms with Crippen molar-refractivity contribution in [3.05, 3.63) is 24.0 Å². The Balaban J connectivity index is 2.07. The molecule has 1 aliphatic heterocycles. The Labute approximate surface area is 146 Å². The van der Waals surface area contributed by atoms with Gasteiger partial charge in [-0.25, -0.2) is 4.39 Å². The predicted molar refractivity (Wildman–Crippen MR) is 85.2 cm³/mol. The van der Waals surface area contributed by atoms with Gasteiger partial charge < -0.3 is 26.0 Å². The third-order valence-electron chi connectivity index (χ3n) is 3.56. The van der Waals surface area contributed by atoms with Crippen LogP contribution in [0.15, 0.2) is 18.2 Å². The lowest BCUT2D eigenvalue weighted by molar-refractivity contribution is -0.134. The van der Waals surface area contributed by atoms with Crippen LogP contribution in [0.25, 0.3) is 0 Å². The number of carbonyl (C=O) groups excluding carboxylic acids is 3. The van der Waals surface area contributed by atoms with Gasteiger partial charge in [-0.3, -0.25) is 14.4 Å². The first-order valence-electron chi connectivity index (χ1n) is 7.60. The fraction of sp³-hybridized carbons (Fsp3) is 0.400. The summed E-state index contributed by atoms with van der Waals surface area (Å²) in [6.07, 6.45) is -3.29. The maximum atomic E-state index is 14.3. The number of nitrogens with two attached hydrogens (primary N) is 1. The van der Waals surface area contributed by atoms with E-state index in [2.05, 4.69) is 5.32 Å². The number of benzene rings is 1. The molecule has 0 radical (unpaired) electrons. The molecule has 1 aromatic carbocycles. The summed E-state index contributed by atoms with van der Waals surface area (Å²) in [6.45, 7) is -0.116. The molecule has 2 rings (SSSR count). The Morgan fingerprint density at radius 3 is 2.62 bits per heavy atom. The number of alkyl halides is 2. The SMILES string of the molecule is NC[C@@H](NC(=O)C(F)F)C(=O)Nc1ccc(N2CCOCC2=O)c(F)c1. The summed E-state index contributed by atoms with van der Waals surface area (Å²) in [6, 6.07) is 2.20. The third-order valence-corrected chi connectivity index (χ3v) is 3.56. The number of halogens is 3. The van der Waals surface area contributed by atoms with Gasteiger partial charge in [-0.1, -0.05) is 0 Å². The largest absolute Gasteiger partial charge is 0.370 e. The first-order chi connectivity index (χ1) is 12.3. The zero-order valence-electron chi connectivity index (χ0n) is 13.5. The van der Waals surface area contributed by atoms with Crippen LogP contribution in [0.5, 0.6) is 0 Å². The number of nitrogens with one attached hydrogen (secondary N) is 2. The summed E-state index contributed by atoms with van der Waals surface area (Å²) in [7, 11) is 0. The van der Waals surface area contributed by atoms with Crippen LogP contribution in [0.4, 0.5) is 24.5 Å². The van der Waals surface area contributed by atoms with Crippen molar-refractivity contribution >= 4 is 29.1 Å². The monoisotopic (exact) mass is 374 g/mol. The van der Waals surface area contributed by atoms with Gasteiger partial charge in [0.15, 0.2) is 0 Å². The van der Waals surface area contributed by atoms with Crippen molar-refractivity contribution < 1.29 is 32.3 Å². The number of hydrogen-bond acceptors (Lipinski definition) is 5. The summed E-state index contributed by atoms with van der Waals surface area (Å²) in [5.74, 6) is -3.68. The molecule has 142 valence electrons. The van der Waals surface area contributed by atoms with Crippen LogP contribution < -0.4 is 21.3 Å². The van der Waals surface area contributed by atoms with Crippen molar-refractivity contribution in [3.8, 4) is 0 Å². The van der Waals surface area contributed by atoms with Crippen LogP contribution in [-0.4, -0.2) is 56.5 Å². The molecule has 1 aromatic rings. The smallest absolute Gasteiger partial charge is 0.315 e. The summed E-state index contributed by atoms with van der Waals surface area (Å²) in [5, 5.41) is 4.06. The number of ether oxygens (including phenoxy) is 1. The molecule has 26 heavy (non-hydrogen) atoms. The van der Waals surface area contributed by atoms with Crippen molar-refractivity contribution in [2.45, 2.75) is 12.5 Å². The molecule has 1 heterocycles. The quantitative estimate of drug-likeness (QED) is 0.640. The van der Waals surface area contributed by atoms with Crippen LogP contribution in [-0.2, 0) is 19.1 Å². The molecule has 1 saturated heterocycles. The maximum Gasteiger partial charge on any atom is 0.315 e. The molecule has 11 heteroatoms. The highest BCUT2D eigenvalue weighted by Crippen LogP contribution is 2.24. The predicted octanol–water partition coefficient (Wildman–Crippen LogP) is -0.164. The van der Waals surface area contributed by atoms with E-state index in [9.17, 15) is 27.6 Å². The number of nitrogens with zero attached hydrogens (tertiary/aromatic N) is 1. The summed E-state index contributed by atoms with van der Waals surface area (Å²) < 4.78 is 43.7. The van der Waals surface area contributed by atoms with E-state index in [1.54, 1.807) is 5.32 Å². The second kappa shape index (κ2) is 8.63.